The first-order valence-corrected chi connectivity index (χ1v) is 7.29. The van der Waals surface area contributed by atoms with E-state index >= 15 is 0 Å². The highest BCUT2D eigenvalue weighted by atomic mass is 32.2. The van der Waals surface area contributed by atoms with Gasteiger partial charge in [-0.2, -0.15) is 11.8 Å². The van der Waals surface area contributed by atoms with Gasteiger partial charge in [0.25, 0.3) is 0 Å². The molecule has 0 aromatic heterocycles. The molecule has 1 unspecified atom stereocenters. The molecule has 0 saturated heterocycles. The molecule has 2 heteroatoms. The molecule has 1 N–H and O–H groups in total. The van der Waals surface area contributed by atoms with Gasteiger partial charge in [-0.25, -0.2) is 0 Å². The summed E-state index contributed by atoms with van der Waals surface area (Å²) in [5, 5.41) is 3.46. The van der Waals surface area contributed by atoms with Crippen molar-refractivity contribution in [3.8, 4) is 0 Å². The minimum absolute atomic E-state index is 0.705. The predicted molar refractivity (Wildman–Crippen MR) is 67.0 cm³/mol. The second kappa shape index (κ2) is 7.58. The van der Waals surface area contributed by atoms with Crippen LogP contribution in [0.1, 0.15) is 46.0 Å². The van der Waals surface area contributed by atoms with Gasteiger partial charge in [-0.05, 0) is 50.2 Å². The zero-order valence-electron chi connectivity index (χ0n) is 9.72. The van der Waals surface area contributed by atoms with Crippen molar-refractivity contribution in [2.75, 3.05) is 18.1 Å². The zero-order valence-corrected chi connectivity index (χ0v) is 10.5. The largest absolute Gasteiger partial charge is 0.315 e. The maximum Gasteiger partial charge on any atom is 0.00464 e. The van der Waals surface area contributed by atoms with Crippen LogP contribution in [0.5, 0.6) is 0 Å². The summed E-state index contributed by atoms with van der Waals surface area (Å²) in [6.07, 6.45) is 7.29. The van der Waals surface area contributed by atoms with Crippen molar-refractivity contribution in [3.05, 3.63) is 0 Å². The Morgan fingerprint density at radius 2 is 2.07 bits per heavy atom. The first-order chi connectivity index (χ1) is 6.83. The lowest BCUT2D eigenvalue weighted by Crippen LogP contribution is -2.26. The Bertz CT molecular complexity index is 132. The van der Waals surface area contributed by atoms with E-state index in [1.165, 1.54) is 43.6 Å². The van der Waals surface area contributed by atoms with Gasteiger partial charge >= 0.3 is 0 Å². The summed E-state index contributed by atoms with van der Waals surface area (Å²) in [5.41, 5.74) is 0. The Morgan fingerprint density at radius 1 is 1.36 bits per heavy atom. The van der Waals surface area contributed by atoms with Gasteiger partial charge in [0.1, 0.15) is 0 Å². The molecule has 84 valence electrons. The molecule has 14 heavy (non-hydrogen) atoms. The third-order valence-electron chi connectivity index (χ3n) is 3.08. The van der Waals surface area contributed by atoms with Crippen LogP contribution in [-0.2, 0) is 0 Å². The van der Waals surface area contributed by atoms with Crippen LogP contribution in [-0.4, -0.2) is 24.1 Å². The Hall–Kier alpha value is 0.310. The molecule has 1 fully saturated rings. The summed E-state index contributed by atoms with van der Waals surface area (Å²) in [6, 6.07) is 0.705. The normalized spacial score (nSPS) is 20.1. The van der Waals surface area contributed by atoms with Crippen LogP contribution >= 0.6 is 11.8 Å². The molecule has 1 aliphatic carbocycles. The highest BCUT2D eigenvalue weighted by molar-refractivity contribution is 7.99. The summed E-state index contributed by atoms with van der Waals surface area (Å²) in [6.45, 7) is 5.58. The van der Waals surface area contributed by atoms with E-state index in [9.17, 15) is 0 Å². The Kier molecular flexibility index (Phi) is 6.70. The lowest BCUT2D eigenvalue weighted by Gasteiger charge is -2.12. The zero-order chi connectivity index (χ0) is 10.2. The van der Waals surface area contributed by atoms with E-state index in [0.29, 0.717) is 6.04 Å². The van der Waals surface area contributed by atoms with Crippen molar-refractivity contribution in [1.29, 1.82) is 0 Å². The number of hydrogen-bond acceptors (Lipinski definition) is 2. The summed E-state index contributed by atoms with van der Waals surface area (Å²) in [4.78, 5) is 0. The van der Waals surface area contributed by atoms with Gasteiger partial charge in [0.2, 0.25) is 0 Å². The van der Waals surface area contributed by atoms with E-state index < -0.39 is 0 Å². The van der Waals surface area contributed by atoms with Crippen molar-refractivity contribution < 1.29 is 0 Å². The van der Waals surface area contributed by atoms with Crippen molar-refractivity contribution in [3.63, 3.8) is 0 Å². The molecule has 1 nitrogen and oxygen atoms in total. The second-order valence-electron chi connectivity index (χ2n) is 4.47. The topological polar surface area (TPSA) is 12.0 Å². The third kappa shape index (κ3) is 5.26. The molecular weight excluding hydrogens is 190 g/mol. The maximum absolute atomic E-state index is 3.46. The first kappa shape index (κ1) is 12.4. The van der Waals surface area contributed by atoms with Gasteiger partial charge in [0.15, 0.2) is 0 Å². The predicted octanol–water partition coefficient (Wildman–Crippen LogP) is 3.30. The number of nitrogens with one attached hydrogen (secondary N) is 1. The summed E-state index contributed by atoms with van der Waals surface area (Å²) in [7, 11) is 0. The van der Waals surface area contributed by atoms with E-state index in [1.54, 1.807) is 0 Å². The Morgan fingerprint density at radius 3 is 2.71 bits per heavy atom. The summed E-state index contributed by atoms with van der Waals surface area (Å²) >= 11 is 2.16. The van der Waals surface area contributed by atoms with E-state index in [-0.39, 0.29) is 0 Å². The van der Waals surface area contributed by atoms with Crippen molar-refractivity contribution in [2.45, 2.75) is 52.0 Å². The van der Waals surface area contributed by atoms with Crippen molar-refractivity contribution >= 4 is 11.8 Å². The maximum atomic E-state index is 3.46. The van der Waals surface area contributed by atoms with Crippen LogP contribution in [0.25, 0.3) is 0 Å². The molecule has 0 spiro atoms. The molecule has 0 radical (unpaired) electrons. The van der Waals surface area contributed by atoms with Crippen molar-refractivity contribution in [2.24, 2.45) is 5.92 Å². The fraction of sp³-hybridized carbons (Fsp3) is 1.00. The third-order valence-corrected chi connectivity index (χ3v) is 4.31. The van der Waals surface area contributed by atoms with Crippen LogP contribution in [0.15, 0.2) is 0 Å². The van der Waals surface area contributed by atoms with E-state index in [0.717, 1.165) is 12.5 Å². The fourth-order valence-electron chi connectivity index (χ4n) is 2.14. The first-order valence-electron chi connectivity index (χ1n) is 6.14. The number of rotatable bonds is 7. The average Bonchev–Trinajstić information content (AvgIpc) is 2.65. The van der Waals surface area contributed by atoms with Gasteiger partial charge < -0.3 is 5.32 Å². The molecule has 1 aliphatic rings. The van der Waals surface area contributed by atoms with Crippen LogP contribution in [0.2, 0.25) is 0 Å². The molecule has 0 bridgehead atoms. The van der Waals surface area contributed by atoms with Gasteiger partial charge in [0, 0.05) is 6.04 Å². The quantitative estimate of drug-likeness (QED) is 0.654. The summed E-state index contributed by atoms with van der Waals surface area (Å²) in [5.74, 6) is 3.80. The van der Waals surface area contributed by atoms with Crippen molar-refractivity contribution in [1.82, 2.24) is 5.32 Å². The van der Waals surface area contributed by atoms with Crippen LogP contribution < -0.4 is 5.32 Å². The van der Waals surface area contributed by atoms with Crippen LogP contribution in [0.4, 0.5) is 0 Å². The number of hydrogen-bond donors (Lipinski definition) is 1. The molecular formula is C12H25NS. The second-order valence-corrected chi connectivity index (χ2v) is 5.62. The van der Waals surface area contributed by atoms with Gasteiger partial charge in [-0.1, -0.05) is 19.8 Å². The Balaban J connectivity index is 1.88. The molecule has 0 amide bonds. The Labute approximate surface area is 93.4 Å². The molecule has 1 saturated carbocycles. The standard InChI is InChI=1S/C12H25NS/c1-3-13-11(2)8-9-14-10-12-6-4-5-7-12/h11-13H,3-10H2,1-2H3. The smallest absolute Gasteiger partial charge is 0.00464 e. The average molecular weight is 215 g/mol. The van der Waals surface area contributed by atoms with Gasteiger partial charge in [0.05, 0.1) is 0 Å². The fourth-order valence-corrected chi connectivity index (χ4v) is 3.49. The van der Waals surface area contributed by atoms with E-state index in [2.05, 4.69) is 30.9 Å². The molecule has 0 heterocycles. The molecule has 0 aromatic carbocycles. The highest BCUT2D eigenvalue weighted by Crippen LogP contribution is 2.27. The lowest BCUT2D eigenvalue weighted by atomic mass is 10.1. The molecule has 1 atom stereocenters. The SMILES string of the molecule is CCNC(C)CCSCC1CCCC1. The summed E-state index contributed by atoms with van der Waals surface area (Å²) < 4.78 is 0. The minimum Gasteiger partial charge on any atom is -0.315 e. The molecule has 0 aliphatic heterocycles. The molecule has 1 rings (SSSR count). The highest BCUT2D eigenvalue weighted by Gasteiger charge is 2.14. The minimum atomic E-state index is 0.705. The van der Waals surface area contributed by atoms with E-state index in [1.807, 2.05) is 0 Å². The van der Waals surface area contributed by atoms with Crippen LogP contribution in [0, 0.1) is 5.92 Å². The van der Waals surface area contributed by atoms with Crippen LogP contribution in [0.3, 0.4) is 0 Å². The van der Waals surface area contributed by atoms with E-state index in [4.69, 9.17) is 0 Å². The monoisotopic (exact) mass is 215 g/mol. The lowest BCUT2D eigenvalue weighted by molar-refractivity contribution is 0.555. The molecule has 0 aromatic rings. The van der Waals surface area contributed by atoms with Gasteiger partial charge in [-0.3, -0.25) is 0 Å². The number of thioether (sulfide) groups is 1. The van der Waals surface area contributed by atoms with Gasteiger partial charge in [-0.15, -0.1) is 0 Å².